The van der Waals surface area contributed by atoms with Gasteiger partial charge in [-0.3, -0.25) is 0 Å². The van der Waals surface area contributed by atoms with Crippen LogP contribution >= 0.6 is 0 Å². The van der Waals surface area contributed by atoms with Gasteiger partial charge in [0.2, 0.25) is 0 Å². The summed E-state index contributed by atoms with van der Waals surface area (Å²) < 4.78 is 17.8. The molecule has 0 aromatic heterocycles. The van der Waals surface area contributed by atoms with Crippen LogP contribution in [0, 0.1) is 0 Å². The molecule has 0 spiro atoms. The van der Waals surface area contributed by atoms with Gasteiger partial charge in [0.25, 0.3) is 0 Å². The first-order valence-electron chi connectivity index (χ1n) is 5.37. The number of allylic oxidation sites excluding steroid dienone is 1. The van der Waals surface area contributed by atoms with Crippen LogP contribution in [0.2, 0.25) is 0 Å². The van der Waals surface area contributed by atoms with Crippen molar-refractivity contribution in [1.29, 1.82) is 0 Å². The molecule has 94 valence electrons. The molecular formula is C12H22FNO2. The molecule has 1 atom stereocenters. The minimum Gasteiger partial charge on any atom is -0.444 e. The molecule has 0 saturated carbocycles. The summed E-state index contributed by atoms with van der Waals surface area (Å²) in [5.41, 5.74) is 1.26. The topological polar surface area (TPSA) is 38.3 Å². The molecule has 0 saturated heterocycles. The van der Waals surface area contributed by atoms with E-state index in [1.165, 1.54) is 0 Å². The number of nitrogens with one attached hydrogen (secondary N) is 1. The van der Waals surface area contributed by atoms with E-state index in [9.17, 15) is 9.18 Å². The standard InChI is InChI=1S/C12H22FNO2/c1-8(2)9(3)10(7-13)14-11(15)16-12(4,5)6/h10H,7H2,1-6H3,(H,14,15). The molecule has 0 aliphatic rings. The van der Waals surface area contributed by atoms with Crippen LogP contribution < -0.4 is 5.32 Å². The maximum Gasteiger partial charge on any atom is 0.408 e. The van der Waals surface area contributed by atoms with Gasteiger partial charge in [0.15, 0.2) is 0 Å². The molecule has 0 aromatic carbocycles. The smallest absolute Gasteiger partial charge is 0.408 e. The van der Waals surface area contributed by atoms with Gasteiger partial charge in [-0.05, 0) is 47.1 Å². The van der Waals surface area contributed by atoms with Gasteiger partial charge in [0.1, 0.15) is 12.3 Å². The summed E-state index contributed by atoms with van der Waals surface area (Å²) in [6.07, 6.45) is -0.587. The normalized spacial score (nSPS) is 12.9. The molecule has 0 bridgehead atoms. The quantitative estimate of drug-likeness (QED) is 0.757. The zero-order valence-corrected chi connectivity index (χ0v) is 11.0. The fourth-order valence-corrected chi connectivity index (χ4v) is 1.06. The molecule has 0 aromatic rings. The minimum absolute atomic E-state index is 0.566. The van der Waals surface area contributed by atoms with Crippen LogP contribution in [0.5, 0.6) is 0 Å². The average molecular weight is 231 g/mol. The summed E-state index contributed by atoms with van der Waals surface area (Å²) in [4.78, 5) is 11.4. The minimum atomic E-state index is -0.629. The molecule has 1 unspecified atom stereocenters. The molecule has 0 heterocycles. The molecule has 0 fully saturated rings. The predicted molar refractivity (Wildman–Crippen MR) is 63.2 cm³/mol. The Bertz CT molecular complexity index is 275. The molecule has 0 radical (unpaired) electrons. The van der Waals surface area contributed by atoms with Crippen molar-refractivity contribution in [2.75, 3.05) is 6.67 Å². The lowest BCUT2D eigenvalue weighted by molar-refractivity contribution is 0.0505. The molecular weight excluding hydrogens is 209 g/mol. The molecule has 3 nitrogen and oxygen atoms in total. The predicted octanol–water partition coefficient (Wildman–Crippen LogP) is 3.21. The number of carbonyl (C=O) groups excluding carboxylic acids is 1. The van der Waals surface area contributed by atoms with E-state index < -0.39 is 24.4 Å². The number of halogens is 1. The Hall–Kier alpha value is -1.06. The Morgan fingerprint density at radius 2 is 1.81 bits per heavy atom. The van der Waals surface area contributed by atoms with Crippen LogP contribution in [-0.2, 0) is 4.74 Å². The van der Waals surface area contributed by atoms with Crippen molar-refractivity contribution in [2.45, 2.75) is 53.2 Å². The number of ether oxygens (including phenoxy) is 1. The van der Waals surface area contributed by atoms with E-state index in [0.717, 1.165) is 11.1 Å². The molecule has 0 rings (SSSR count). The first-order valence-corrected chi connectivity index (χ1v) is 5.37. The Morgan fingerprint density at radius 3 is 2.12 bits per heavy atom. The molecule has 16 heavy (non-hydrogen) atoms. The van der Waals surface area contributed by atoms with E-state index >= 15 is 0 Å². The summed E-state index contributed by atoms with van der Waals surface area (Å²) in [5.74, 6) is 0. The van der Waals surface area contributed by atoms with Crippen molar-refractivity contribution >= 4 is 6.09 Å². The molecule has 0 aliphatic carbocycles. The lowest BCUT2D eigenvalue weighted by Gasteiger charge is -2.23. The fraction of sp³-hybridized carbons (Fsp3) is 0.750. The average Bonchev–Trinajstić information content (AvgIpc) is 2.09. The summed E-state index contributed by atoms with van der Waals surface area (Å²) >= 11 is 0. The van der Waals surface area contributed by atoms with E-state index in [1.807, 2.05) is 13.8 Å². The van der Waals surface area contributed by atoms with Crippen molar-refractivity contribution in [3.8, 4) is 0 Å². The fourth-order valence-electron chi connectivity index (χ4n) is 1.06. The number of rotatable bonds is 3. The summed E-state index contributed by atoms with van der Waals surface area (Å²) in [6, 6.07) is -0.597. The van der Waals surface area contributed by atoms with Crippen molar-refractivity contribution in [3.63, 3.8) is 0 Å². The van der Waals surface area contributed by atoms with Gasteiger partial charge in [-0.1, -0.05) is 5.57 Å². The van der Waals surface area contributed by atoms with Gasteiger partial charge in [-0.2, -0.15) is 0 Å². The largest absolute Gasteiger partial charge is 0.444 e. The van der Waals surface area contributed by atoms with E-state index in [2.05, 4.69) is 5.32 Å². The van der Waals surface area contributed by atoms with Gasteiger partial charge in [0.05, 0.1) is 6.04 Å². The summed E-state index contributed by atoms with van der Waals surface area (Å²) in [7, 11) is 0. The van der Waals surface area contributed by atoms with Crippen LogP contribution in [0.25, 0.3) is 0 Å². The molecule has 4 heteroatoms. The van der Waals surface area contributed by atoms with Crippen LogP contribution in [0.4, 0.5) is 9.18 Å². The Morgan fingerprint density at radius 1 is 1.31 bits per heavy atom. The van der Waals surface area contributed by atoms with Crippen molar-refractivity contribution < 1.29 is 13.9 Å². The van der Waals surface area contributed by atoms with Crippen molar-refractivity contribution in [2.24, 2.45) is 0 Å². The third-order valence-corrected chi connectivity index (χ3v) is 2.16. The van der Waals surface area contributed by atoms with Gasteiger partial charge in [0, 0.05) is 0 Å². The molecule has 1 amide bonds. The van der Waals surface area contributed by atoms with Crippen LogP contribution in [-0.4, -0.2) is 24.4 Å². The zero-order chi connectivity index (χ0) is 12.9. The maximum atomic E-state index is 12.8. The number of alkyl halides is 1. The highest BCUT2D eigenvalue weighted by Crippen LogP contribution is 2.11. The number of hydrogen-bond donors (Lipinski definition) is 1. The second-order valence-corrected chi connectivity index (χ2v) is 5.04. The van der Waals surface area contributed by atoms with E-state index in [-0.39, 0.29) is 0 Å². The number of amides is 1. The van der Waals surface area contributed by atoms with E-state index in [1.54, 1.807) is 27.7 Å². The van der Waals surface area contributed by atoms with Crippen LogP contribution in [0.15, 0.2) is 11.1 Å². The SMILES string of the molecule is CC(C)=C(C)C(CF)NC(=O)OC(C)(C)C. The monoisotopic (exact) mass is 231 g/mol. The third kappa shape index (κ3) is 5.73. The molecule has 0 aliphatic heterocycles. The Balaban J connectivity index is 4.46. The van der Waals surface area contributed by atoms with Crippen molar-refractivity contribution in [1.82, 2.24) is 5.32 Å². The highest BCUT2D eigenvalue weighted by molar-refractivity contribution is 5.68. The first kappa shape index (κ1) is 14.9. The summed E-state index contributed by atoms with van der Waals surface area (Å²) in [6.45, 7) is 10.2. The first-order chi connectivity index (χ1) is 7.17. The van der Waals surface area contributed by atoms with Crippen molar-refractivity contribution in [3.05, 3.63) is 11.1 Å². The van der Waals surface area contributed by atoms with Gasteiger partial charge in [-0.25, -0.2) is 9.18 Å². The number of carbonyl (C=O) groups is 1. The molecule has 1 N–H and O–H groups in total. The van der Waals surface area contributed by atoms with E-state index in [4.69, 9.17) is 4.74 Å². The maximum absolute atomic E-state index is 12.8. The Kier molecular flexibility index (Phi) is 5.48. The number of alkyl carbamates (subject to hydrolysis) is 1. The Labute approximate surface area is 97.1 Å². The van der Waals surface area contributed by atoms with Gasteiger partial charge >= 0.3 is 6.09 Å². The third-order valence-electron chi connectivity index (χ3n) is 2.16. The lowest BCUT2D eigenvalue weighted by Crippen LogP contribution is -2.41. The lowest BCUT2D eigenvalue weighted by atomic mass is 10.1. The van der Waals surface area contributed by atoms with Crippen LogP contribution in [0.1, 0.15) is 41.5 Å². The van der Waals surface area contributed by atoms with Gasteiger partial charge in [-0.15, -0.1) is 0 Å². The van der Waals surface area contributed by atoms with Crippen LogP contribution in [0.3, 0.4) is 0 Å². The highest BCUT2D eigenvalue weighted by Gasteiger charge is 2.20. The number of hydrogen-bond acceptors (Lipinski definition) is 2. The second-order valence-electron chi connectivity index (χ2n) is 5.04. The highest BCUT2D eigenvalue weighted by atomic mass is 19.1. The summed E-state index contributed by atoms with van der Waals surface area (Å²) in [5, 5.41) is 2.51. The van der Waals surface area contributed by atoms with E-state index in [0.29, 0.717) is 0 Å². The zero-order valence-electron chi connectivity index (χ0n) is 11.0. The van der Waals surface area contributed by atoms with Gasteiger partial charge < -0.3 is 10.1 Å². The second kappa shape index (κ2) is 5.87.